The Morgan fingerprint density at radius 2 is 2.08 bits per heavy atom. The molecule has 3 heterocycles. The van der Waals surface area contributed by atoms with Gasteiger partial charge in [-0.25, -0.2) is 9.78 Å². The standard InChI is InChI=1S/C20H18N4O2/c1-3-12-26-19(25)17-13(2)22-20-23-15-6-4-5-7-16(15)24(20)18(17)14-8-10-21-11-9-14/h3-11,18H,1,12H2,2H3,(H,22,23)/t18-/m0/s1. The Bertz CT molecular complexity index is 1020. The van der Waals surface area contributed by atoms with E-state index in [0.29, 0.717) is 11.5 Å². The lowest BCUT2D eigenvalue weighted by Gasteiger charge is -2.30. The molecule has 2 aromatic heterocycles. The molecular weight excluding hydrogens is 328 g/mol. The number of fused-ring (bicyclic) bond motifs is 3. The first-order chi connectivity index (χ1) is 12.7. The number of hydrogen-bond acceptors (Lipinski definition) is 5. The van der Waals surface area contributed by atoms with Crippen LogP contribution in [0.3, 0.4) is 0 Å². The summed E-state index contributed by atoms with van der Waals surface area (Å²) in [6.45, 7) is 5.64. The molecule has 4 rings (SSSR count). The molecule has 6 nitrogen and oxygen atoms in total. The molecule has 0 saturated heterocycles. The summed E-state index contributed by atoms with van der Waals surface area (Å²) in [6.07, 6.45) is 5.00. The number of allylic oxidation sites excluding steroid dienone is 1. The Hall–Kier alpha value is -3.41. The van der Waals surface area contributed by atoms with E-state index in [9.17, 15) is 4.79 Å². The predicted molar refractivity (Wildman–Crippen MR) is 99.6 cm³/mol. The fraction of sp³-hybridized carbons (Fsp3) is 0.150. The molecule has 1 aliphatic rings. The normalized spacial score (nSPS) is 16.1. The van der Waals surface area contributed by atoms with E-state index >= 15 is 0 Å². The van der Waals surface area contributed by atoms with Crippen LogP contribution in [0.5, 0.6) is 0 Å². The molecule has 6 heteroatoms. The van der Waals surface area contributed by atoms with Crippen LogP contribution in [0.1, 0.15) is 18.5 Å². The first-order valence-corrected chi connectivity index (χ1v) is 8.33. The first kappa shape index (κ1) is 16.1. The topological polar surface area (TPSA) is 69.0 Å². The minimum Gasteiger partial charge on any atom is -0.458 e. The third-order valence-electron chi connectivity index (χ3n) is 4.40. The summed E-state index contributed by atoms with van der Waals surface area (Å²) in [6, 6.07) is 11.3. The summed E-state index contributed by atoms with van der Waals surface area (Å²) in [5, 5.41) is 3.25. The van der Waals surface area contributed by atoms with Gasteiger partial charge in [0.1, 0.15) is 6.61 Å². The Morgan fingerprint density at radius 1 is 1.31 bits per heavy atom. The fourth-order valence-corrected chi connectivity index (χ4v) is 3.30. The van der Waals surface area contributed by atoms with Gasteiger partial charge in [0, 0.05) is 18.1 Å². The van der Waals surface area contributed by atoms with Crippen LogP contribution in [0.25, 0.3) is 11.0 Å². The van der Waals surface area contributed by atoms with Crippen molar-refractivity contribution >= 4 is 23.0 Å². The number of esters is 1. The van der Waals surface area contributed by atoms with Gasteiger partial charge in [-0.05, 0) is 36.8 Å². The Labute approximate surface area is 150 Å². The van der Waals surface area contributed by atoms with E-state index in [4.69, 9.17) is 4.74 Å². The second kappa shape index (κ2) is 6.48. The van der Waals surface area contributed by atoms with Gasteiger partial charge in [0.25, 0.3) is 0 Å². The number of carbonyl (C=O) groups excluding carboxylic acids is 1. The number of para-hydroxylation sites is 2. The van der Waals surface area contributed by atoms with Gasteiger partial charge in [0.2, 0.25) is 5.95 Å². The number of rotatable bonds is 4. The molecule has 1 N–H and O–H groups in total. The SMILES string of the molecule is C=CCOC(=O)C1=C(C)Nc2nc3ccccc3n2[C@H]1c1ccncc1. The molecule has 1 aromatic carbocycles. The lowest BCUT2D eigenvalue weighted by Crippen LogP contribution is -2.29. The van der Waals surface area contributed by atoms with Crippen LogP contribution in [0.15, 0.2) is 72.7 Å². The monoisotopic (exact) mass is 346 g/mol. The molecular formula is C20H18N4O2. The van der Waals surface area contributed by atoms with Crippen molar-refractivity contribution < 1.29 is 9.53 Å². The zero-order valence-corrected chi connectivity index (χ0v) is 14.3. The molecule has 0 radical (unpaired) electrons. The van der Waals surface area contributed by atoms with Crippen molar-refractivity contribution in [2.75, 3.05) is 11.9 Å². The van der Waals surface area contributed by atoms with Crippen LogP contribution in [-0.4, -0.2) is 27.1 Å². The molecule has 0 bridgehead atoms. The van der Waals surface area contributed by atoms with Crippen LogP contribution in [0.4, 0.5) is 5.95 Å². The largest absolute Gasteiger partial charge is 0.458 e. The zero-order chi connectivity index (χ0) is 18.1. The van der Waals surface area contributed by atoms with E-state index < -0.39 is 0 Å². The Morgan fingerprint density at radius 3 is 2.85 bits per heavy atom. The van der Waals surface area contributed by atoms with Crippen LogP contribution in [0, 0.1) is 0 Å². The molecule has 3 aromatic rings. The highest BCUT2D eigenvalue weighted by molar-refractivity contribution is 5.94. The number of pyridine rings is 1. The maximum absolute atomic E-state index is 12.8. The highest BCUT2D eigenvalue weighted by Gasteiger charge is 2.34. The second-order valence-corrected chi connectivity index (χ2v) is 6.03. The molecule has 0 amide bonds. The van der Waals surface area contributed by atoms with Crippen molar-refractivity contribution in [2.45, 2.75) is 13.0 Å². The fourth-order valence-electron chi connectivity index (χ4n) is 3.30. The zero-order valence-electron chi connectivity index (χ0n) is 14.3. The number of aromatic nitrogens is 3. The number of carbonyl (C=O) groups is 1. The van der Waals surface area contributed by atoms with E-state index in [1.165, 1.54) is 0 Å². The minimum atomic E-state index is -0.375. The van der Waals surface area contributed by atoms with E-state index in [0.717, 1.165) is 22.3 Å². The number of imidazole rings is 1. The summed E-state index contributed by atoms with van der Waals surface area (Å²) in [5.41, 5.74) is 4.02. The average molecular weight is 346 g/mol. The van der Waals surface area contributed by atoms with Gasteiger partial charge in [-0.3, -0.25) is 9.55 Å². The highest BCUT2D eigenvalue weighted by Crippen LogP contribution is 2.39. The molecule has 0 spiro atoms. The maximum Gasteiger partial charge on any atom is 0.338 e. The Balaban J connectivity index is 1.94. The summed E-state index contributed by atoms with van der Waals surface area (Å²) < 4.78 is 7.38. The van der Waals surface area contributed by atoms with E-state index in [1.807, 2.05) is 47.9 Å². The number of nitrogens with zero attached hydrogens (tertiary/aromatic N) is 3. The van der Waals surface area contributed by atoms with Crippen molar-refractivity contribution in [1.82, 2.24) is 14.5 Å². The van der Waals surface area contributed by atoms with Gasteiger partial charge in [0.15, 0.2) is 0 Å². The van der Waals surface area contributed by atoms with E-state index in [1.54, 1.807) is 18.5 Å². The first-order valence-electron chi connectivity index (χ1n) is 8.33. The lowest BCUT2D eigenvalue weighted by molar-refractivity contribution is -0.138. The Kier molecular flexibility index (Phi) is 4.01. The van der Waals surface area contributed by atoms with Crippen molar-refractivity contribution in [2.24, 2.45) is 0 Å². The highest BCUT2D eigenvalue weighted by atomic mass is 16.5. The van der Waals surface area contributed by atoms with Crippen molar-refractivity contribution in [3.63, 3.8) is 0 Å². The van der Waals surface area contributed by atoms with Crippen LogP contribution >= 0.6 is 0 Å². The number of nitrogens with one attached hydrogen (secondary N) is 1. The number of ether oxygens (including phenoxy) is 1. The third kappa shape index (κ3) is 2.56. The van der Waals surface area contributed by atoms with Gasteiger partial charge in [-0.15, -0.1) is 0 Å². The van der Waals surface area contributed by atoms with E-state index in [2.05, 4.69) is 21.9 Å². The molecule has 0 unspecified atom stereocenters. The average Bonchev–Trinajstić information content (AvgIpc) is 3.03. The number of hydrogen-bond donors (Lipinski definition) is 1. The summed E-state index contributed by atoms with van der Waals surface area (Å²) >= 11 is 0. The molecule has 26 heavy (non-hydrogen) atoms. The lowest BCUT2D eigenvalue weighted by atomic mass is 9.96. The molecule has 1 aliphatic heterocycles. The van der Waals surface area contributed by atoms with Crippen LogP contribution < -0.4 is 5.32 Å². The van der Waals surface area contributed by atoms with Crippen molar-refractivity contribution in [1.29, 1.82) is 0 Å². The minimum absolute atomic E-state index is 0.163. The van der Waals surface area contributed by atoms with Crippen LogP contribution in [0.2, 0.25) is 0 Å². The van der Waals surface area contributed by atoms with Gasteiger partial charge in [0.05, 0.1) is 22.6 Å². The smallest absolute Gasteiger partial charge is 0.338 e. The second-order valence-electron chi connectivity index (χ2n) is 6.03. The summed E-state index contributed by atoms with van der Waals surface area (Å²) in [7, 11) is 0. The number of benzene rings is 1. The van der Waals surface area contributed by atoms with Crippen molar-refractivity contribution in [3.05, 3.63) is 78.3 Å². The predicted octanol–water partition coefficient (Wildman–Crippen LogP) is 3.45. The molecule has 130 valence electrons. The van der Waals surface area contributed by atoms with Gasteiger partial charge in [-0.1, -0.05) is 24.8 Å². The van der Waals surface area contributed by atoms with Gasteiger partial charge >= 0.3 is 5.97 Å². The van der Waals surface area contributed by atoms with Crippen LogP contribution in [-0.2, 0) is 9.53 Å². The molecule has 0 fully saturated rings. The summed E-state index contributed by atoms with van der Waals surface area (Å²) in [4.78, 5) is 21.6. The molecule has 0 aliphatic carbocycles. The van der Waals surface area contributed by atoms with Crippen molar-refractivity contribution in [3.8, 4) is 0 Å². The molecule has 1 atom stereocenters. The quantitative estimate of drug-likeness (QED) is 0.579. The third-order valence-corrected chi connectivity index (χ3v) is 4.40. The summed E-state index contributed by atoms with van der Waals surface area (Å²) in [5.74, 6) is 0.325. The maximum atomic E-state index is 12.8. The van der Waals surface area contributed by atoms with Gasteiger partial charge in [-0.2, -0.15) is 0 Å². The van der Waals surface area contributed by atoms with Gasteiger partial charge < -0.3 is 10.1 Å². The van der Waals surface area contributed by atoms with E-state index in [-0.39, 0.29) is 18.6 Å². The number of anilines is 1. The molecule has 0 saturated carbocycles.